The third kappa shape index (κ3) is 3.24. The van der Waals surface area contributed by atoms with E-state index in [0.717, 1.165) is 18.9 Å². The molecule has 0 saturated heterocycles. The molecule has 0 spiro atoms. The van der Waals surface area contributed by atoms with Crippen LogP contribution >= 0.6 is 0 Å². The fourth-order valence-corrected chi connectivity index (χ4v) is 1.19. The molecule has 0 amide bonds. The predicted molar refractivity (Wildman–Crippen MR) is 56.4 cm³/mol. The van der Waals surface area contributed by atoms with Gasteiger partial charge in [0, 0.05) is 13.6 Å². The van der Waals surface area contributed by atoms with Gasteiger partial charge in [0.25, 0.3) is 0 Å². The molecule has 80 valence electrons. The fraction of sp³-hybridized carbons (Fsp3) is 0.778. The van der Waals surface area contributed by atoms with Crippen molar-refractivity contribution in [2.75, 3.05) is 24.2 Å². The standard InChI is InChI=1S/C9H18N4O/c1-7(2)5-4-6-11-9-8(10-3)12-14-13-9/h7H,4-6H2,1-3H3,(H,10,12)(H,11,13). The van der Waals surface area contributed by atoms with E-state index in [1.54, 1.807) is 7.05 Å². The number of anilines is 2. The van der Waals surface area contributed by atoms with Gasteiger partial charge in [-0.05, 0) is 29.1 Å². The van der Waals surface area contributed by atoms with E-state index in [2.05, 4.69) is 39.4 Å². The molecular formula is C9H18N4O. The molecule has 0 saturated carbocycles. The summed E-state index contributed by atoms with van der Waals surface area (Å²) in [5, 5.41) is 13.5. The van der Waals surface area contributed by atoms with Crippen molar-refractivity contribution in [3.05, 3.63) is 0 Å². The molecule has 0 fully saturated rings. The van der Waals surface area contributed by atoms with Crippen molar-refractivity contribution < 1.29 is 4.63 Å². The van der Waals surface area contributed by atoms with Crippen LogP contribution in [0, 0.1) is 5.92 Å². The molecule has 5 heteroatoms. The zero-order chi connectivity index (χ0) is 10.4. The van der Waals surface area contributed by atoms with Crippen molar-refractivity contribution in [3.8, 4) is 0 Å². The van der Waals surface area contributed by atoms with Gasteiger partial charge in [-0.25, -0.2) is 4.63 Å². The Hall–Kier alpha value is -1.26. The maximum absolute atomic E-state index is 4.59. The molecular weight excluding hydrogens is 180 g/mol. The van der Waals surface area contributed by atoms with E-state index in [1.165, 1.54) is 6.42 Å². The Morgan fingerprint density at radius 2 is 2.00 bits per heavy atom. The number of nitrogens with one attached hydrogen (secondary N) is 2. The van der Waals surface area contributed by atoms with Gasteiger partial charge in [-0.1, -0.05) is 13.8 Å². The molecule has 2 N–H and O–H groups in total. The number of aromatic nitrogens is 2. The maximum Gasteiger partial charge on any atom is 0.215 e. The minimum atomic E-state index is 0.662. The topological polar surface area (TPSA) is 63.0 Å². The zero-order valence-electron chi connectivity index (χ0n) is 9.00. The Bertz CT molecular complexity index is 259. The third-order valence-corrected chi connectivity index (χ3v) is 1.98. The van der Waals surface area contributed by atoms with Gasteiger partial charge < -0.3 is 10.6 Å². The first-order valence-electron chi connectivity index (χ1n) is 4.98. The highest BCUT2D eigenvalue weighted by atomic mass is 16.6. The van der Waals surface area contributed by atoms with Crippen LogP contribution in [0.2, 0.25) is 0 Å². The maximum atomic E-state index is 4.59. The molecule has 1 heterocycles. The molecule has 1 rings (SSSR count). The van der Waals surface area contributed by atoms with Crippen molar-refractivity contribution in [1.29, 1.82) is 0 Å². The molecule has 1 aromatic heterocycles. The molecule has 0 aliphatic carbocycles. The van der Waals surface area contributed by atoms with Gasteiger partial charge in [-0.15, -0.1) is 0 Å². The zero-order valence-corrected chi connectivity index (χ0v) is 9.00. The molecule has 0 bridgehead atoms. The van der Waals surface area contributed by atoms with Crippen molar-refractivity contribution in [2.24, 2.45) is 5.92 Å². The van der Waals surface area contributed by atoms with Crippen LogP contribution in [-0.4, -0.2) is 23.9 Å². The van der Waals surface area contributed by atoms with E-state index in [1.807, 2.05) is 0 Å². The second-order valence-electron chi connectivity index (χ2n) is 3.67. The largest absolute Gasteiger partial charge is 0.367 e. The van der Waals surface area contributed by atoms with Crippen LogP contribution in [0.3, 0.4) is 0 Å². The lowest BCUT2D eigenvalue weighted by Crippen LogP contribution is -2.05. The van der Waals surface area contributed by atoms with Crippen molar-refractivity contribution >= 4 is 11.6 Å². The summed E-state index contributed by atoms with van der Waals surface area (Å²) in [5.74, 6) is 2.10. The van der Waals surface area contributed by atoms with Gasteiger partial charge in [-0.3, -0.25) is 0 Å². The van der Waals surface area contributed by atoms with E-state index < -0.39 is 0 Å². The molecule has 5 nitrogen and oxygen atoms in total. The first-order chi connectivity index (χ1) is 6.74. The Morgan fingerprint density at radius 1 is 1.29 bits per heavy atom. The Balaban J connectivity index is 2.24. The quantitative estimate of drug-likeness (QED) is 0.684. The molecule has 0 aromatic carbocycles. The average molecular weight is 198 g/mol. The highest BCUT2D eigenvalue weighted by molar-refractivity contribution is 5.56. The summed E-state index contributed by atoms with van der Waals surface area (Å²) >= 11 is 0. The third-order valence-electron chi connectivity index (χ3n) is 1.98. The molecule has 0 aliphatic rings. The number of hydrogen-bond acceptors (Lipinski definition) is 5. The molecule has 14 heavy (non-hydrogen) atoms. The average Bonchev–Trinajstić information content (AvgIpc) is 2.59. The first-order valence-corrected chi connectivity index (χ1v) is 4.98. The minimum absolute atomic E-state index is 0.662. The monoisotopic (exact) mass is 198 g/mol. The Kier molecular flexibility index (Phi) is 4.22. The van der Waals surface area contributed by atoms with E-state index in [4.69, 9.17) is 0 Å². The summed E-state index contributed by atoms with van der Waals surface area (Å²) in [7, 11) is 1.79. The van der Waals surface area contributed by atoms with Crippen molar-refractivity contribution in [3.63, 3.8) is 0 Å². The second kappa shape index (κ2) is 5.47. The summed E-state index contributed by atoms with van der Waals surface area (Å²) in [6, 6.07) is 0. The smallest absolute Gasteiger partial charge is 0.215 e. The van der Waals surface area contributed by atoms with Gasteiger partial charge in [-0.2, -0.15) is 0 Å². The van der Waals surface area contributed by atoms with Gasteiger partial charge in [0.05, 0.1) is 0 Å². The Morgan fingerprint density at radius 3 is 2.64 bits per heavy atom. The number of hydrogen-bond donors (Lipinski definition) is 2. The van der Waals surface area contributed by atoms with E-state index >= 15 is 0 Å². The molecule has 0 radical (unpaired) electrons. The highest BCUT2D eigenvalue weighted by Crippen LogP contribution is 2.14. The lowest BCUT2D eigenvalue weighted by Gasteiger charge is -2.05. The molecule has 0 aliphatic heterocycles. The number of nitrogens with zero attached hydrogens (tertiary/aromatic N) is 2. The molecule has 1 aromatic rings. The molecule has 0 unspecified atom stereocenters. The van der Waals surface area contributed by atoms with Crippen LogP contribution in [-0.2, 0) is 0 Å². The summed E-state index contributed by atoms with van der Waals surface area (Å²) in [6.45, 7) is 5.34. The second-order valence-corrected chi connectivity index (χ2v) is 3.67. The van der Waals surface area contributed by atoms with E-state index in [0.29, 0.717) is 11.6 Å². The summed E-state index contributed by atoms with van der Waals surface area (Å²) in [6.07, 6.45) is 2.35. The Labute approximate surface area is 84.2 Å². The van der Waals surface area contributed by atoms with E-state index in [9.17, 15) is 0 Å². The predicted octanol–water partition coefficient (Wildman–Crippen LogP) is 1.96. The summed E-state index contributed by atoms with van der Waals surface area (Å²) in [4.78, 5) is 0. The summed E-state index contributed by atoms with van der Waals surface area (Å²) < 4.78 is 4.59. The lowest BCUT2D eigenvalue weighted by atomic mass is 10.1. The van der Waals surface area contributed by atoms with Crippen molar-refractivity contribution in [2.45, 2.75) is 26.7 Å². The van der Waals surface area contributed by atoms with Crippen LogP contribution in [0.4, 0.5) is 11.6 Å². The van der Waals surface area contributed by atoms with Crippen molar-refractivity contribution in [1.82, 2.24) is 10.3 Å². The van der Waals surface area contributed by atoms with Crippen LogP contribution in [0.15, 0.2) is 4.63 Å². The minimum Gasteiger partial charge on any atom is -0.367 e. The van der Waals surface area contributed by atoms with Crippen LogP contribution in [0.5, 0.6) is 0 Å². The van der Waals surface area contributed by atoms with Gasteiger partial charge in [0.2, 0.25) is 11.6 Å². The molecule has 0 atom stereocenters. The summed E-state index contributed by atoms with van der Waals surface area (Å²) in [5.41, 5.74) is 0. The van der Waals surface area contributed by atoms with Gasteiger partial charge >= 0.3 is 0 Å². The number of rotatable bonds is 6. The van der Waals surface area contributed by atoms with Crippen LogP contribution in [0.1, 0.15) is 26.7 Å². The normalized spacial score (nSPS) is 10.6. The lowest BCUT2D eigenvalue weighted by molar-refractivity contribution is 0.310. The van der Waals surface area contributed by atoms with E-state index in [-0.39, 0.29) is 0 Å². The highest BCUT2D eigenvalue weighted by Gasteiger charge is 2.06. The SMILES string of the molecule is CNc1nonc1NCCCC(C)C. The van der Waals surface area contributed by atoms with Gasteiger partial charge in [0.1, 0.15) is 0 Å². The first kappa shape index (κ1) is 10.8. The van der Waals surface area contributed by atoms with Crippen LogP contribution < -0.4 is 10.6 Å². The fourth-order valence-electron chi connectivity index (χ4n) is 1.19. The van der Waals surface area contributed by atoms with Crippen LogP contribution in [0.25, 0.3) is 0 Å². The van der Waals surface area contributed by atoms with Gasteiger partial charge in [0.15, 0.2) is 0 Å².